The second-order valence-corrected chi connectivity index (χ2v) is 8.00. The largest absolute Gasteiger partial charge is 0.350 e. The molecule has 0 spiro atoms. The minimum Gasteiger partial charge on any atom is -0.350 e. The van der Waals surface area contributed by atoms with E-state index in [4.69, 9.17) is 11.6 Å². The molecule has 2 aromatic rings. The summed E-state index contributed by atoms with van der Waals surface area (Å²) >= 11 is 6.29. The van der Waals surface area contributed by atoms with Gasteiger partial charge in [-0.05, 0) is 50.6 Å². The normalized spacial score (nSPS) is 21.6. The van der Waals surface area contributed by atoms with Gasteiger partial charge in [-0.1, -0.05) is 17.7 Å². The van der Waals surface area contributed by atoms with E-state index in [0.717, 1.165) is 19.5 Å². The summed E-state index contributed by atoms with van der Waals surface area (Å²) in [6.45, 7) is 2.16. The van der Waals surface area contributed by atoms with Gasteiger partial charge in [-0.2, -0.15) is 0 Å². The number of nitrogens with zero attached hydrogens (tertiary/aromatic N) is 2. The van der Waals surface area contributed by atoms with Gasteiger partial charge in [-0.15, -0.1) is 0 Å². The van der Waals surface area contributed by atoms with Gasteiger partial charge in [-0.3, -0.25) is 14.7 Å². The van der Waals surface area contributed by atoms with Gasteiger partial charge in [0.25, 0.3) is 5.91 Å². The topological polar surface area (TPSA) is 45.2 Å². The van der Waals surface area contributed by atoms with Crippen LogP contribution in [0.5, 0.6) is 0 Å². The Morgan fingerprint density at radius 1 is 1.19 bits per heavy atom. The molecular formula is C20H22ClF2N3O. The third-order valence-corrected chi connectivity index (χ3v) is 6.29. The van der Waals surface area contributed by atoms with Gasteiger partial charge in [0.15, 0.2) is 0 Å². The Bertz CT molecular complexity index is 859. The van der Waals surface area contributed by atoms with Crippen LogP contribution in [0.4, 0.5) is 8.78 Å². The quantitative estimate of drug-likeness (QED) is 0.843. The van der Waals surface area contributed by atoms with E-state index in [-0.39, 0.29) is 24.3 Å². The molecule has 1 saturated carbocycles. The van der Waals surface area contributed by atoms with Crippen molar-refractivity contribution in [2.24, 2.45) is 0 Å². The lowest BCUT2D eigenvalue weighted by Crippen LogP contribution is -2.62. The summed E-state index contributed by atoms with van der Waals surface area (Å²) < 4.78 is 27.4. The monoisotopic (exact) mass is 393 g/mol. The Hall–Kier alpha value is -1.79. The SMILES string of the molecule is O=C(NCC1(N2CCC2)CCC(F)(F)CC1)c1c(Cl)ccc2ncccc12. The van der Waals surface area contributed by atoms with E-state index < -0.39 is 5.92 Å². The molecule has 0 unspecified atom stereocenters. The number of carbonyl (C=O) groups is 1. The van der Waals surface area contributed by atoms with E-state index in [0.29, 0.717) is 40.9 Å². The Morgan fingerprint density at radius 3 is 2.59 bits per heavy atom. The number of rotatable bonds is 4. The summed E-state index contributed by atoms with van der Waals surface area (Å²) in [5.41, 5.74) is 0.703. The summed E-state index contributed by atoms with van der Waals surface area (Å²) in [6, 6.07) is 7.02. The molecule has 1 N–H and O–H groups in total. The number of pyridine rings is 1. The smallest absolute Gasteiger partial charge is 0.253 e. The summed E-state index contributed by atoms with van der Waals surface area (Å²) in [5, 5.41) is 4.03. The van der Waals surface area contributed by atoms with Crippen LogP contribution in [0.3, 0.4) is 0 Å². The number of hydrogen-bond donors (Lipinski definition) is 1. The maximum Gasteiger partial charge on any atom is 0.253 e. The predicted octanol–water partition coefficient (Wildman–Crippen LogP) is 4.27. The highest BCUT2D eigenvalue weighted by atomic mass is 35.5. The van der Waals surface area contributed by atoms with Crippen molar-refractivity contribution in [3.8, 4) is 0 Å². The highest BCUT2D eigenvalue weighted by Gasteiger charge is 2.48. The van der Waals surface area contributed by atoms with Crippen LogP contribution in [0.1, 0.15) is 42.5 Å². The third kappa shape index (κ3) is 3.52. The van der Waals surface area contributed by atoms with Gasteiger partial charge < -0.3 is 5.32 Å². The number of hydrogen-bond acceptors (Lipinski definition) is 3. The Labute approximate surface area is 161 Å². The molecule has 144 valence electrons. The van der Waals surface area contributed by atoms with Crippen molar-refractivity contribution in [1.82, 2.24) is 15.2 Å². The Morgan fingerprint density at radius 2 is 1.93 bits per heavy atom. The van der Waals surface area contributed by atoms with Crippen molar-refractivity contribution in [1.29, 1.82) is 0 Å². The van der Waals surface area contributed by atoms with Crippen molar-refractivity contribution < 1.29 is 13.6 Å². The number of fused-ring (bicyclic) bond motifs is 1. The van der Waals surface area contributed by atoms with Crippen molar-refractivity contribution in [2.75, 3.05) is 19.6 Å². The van der Waals surface area contributed by atoms with Gasteiger partial charge in [0.1, 0.15) is 0 Å². The lowest BCUT2D eigenvalue weighted by molar-refractivity contribution is -0.0936. The fourth-order valence-electron chi connectivity index (χ4n) is 4.17. The number of likely N-dealkylation sites (tertiary alicyclic amines) is 1. The maximum atomic E-state index is 13.7. The molecule has 7 heteroatoms. The predicted molar refractivity (Wildman–Crippen MR) is 101 cm³/mol. The average molecular weight is 394 g/mol. The molecule has 2 fully saturated rings. The molecule has 4 nitrogen and oxygen atoms in total. The highest BCUT2D eigenvalue weighted by molar-refractivity contribution is 6.35. The second-order valence-electron chi connectivity index (χ2n) is 7.60. The molecule has 4 rings (SSSR count). The Kier molecular flexibility index (Phi) is 4.80. The first kappa shape index (κ1) is 18.6. The van der Waals surface area contributed by atoms with E-state index >= 15 is 0 Å². The number of benzene rings is 1. The Balaban J connectivity index is 1.55. The zero-order valence-corrected chi connectivity index (χ0v) is 15.7. The first-order chi connectivity index (χ1) is 12.9. The lowest BCUT2D eigenvalue weighted by Gasteiger charge is -2.52. The van der Waals surface area contributed by atoms with E-state index in [1.165, 1.54) is 0 Å². The third-order valence-electron chi connectivity index (χ3n) is 5.98. The van der Waals surface area contributed by atoms with E-state index in [1.54, 1.807) is 24.4 Å². The molecule has 27 heavy (non-hydrogen) atoms. The number of carbonyl (C=O) groups excluding carboxylic acids is 1. The summed E-state index contributed by atoms with van der Waals surface area (Å²) in [7, 11) is 0. The standard InChI is InChI=1S/C20H22ClF2N3O/c21-15-4-5-16-14(3-1-10-24-16)17(15)18(27)25-13-19(26-11-2-12-26)6-8-20(22,23)9-7-19/h1,3-5,10H,2,6-9,11-13H2,(H,25,27). The molecule has 1 aromatic carbocycles. The molecule has 1 amide bonds. The molecule has 2 aliphatic rings. The molecule has 1 saturated heterocycles. The van der Waals surface area contributed by atoms with Crippen molar-refractivity contribution in [3.05, 3.63) is 41.0 Å². The van der Waals surface area contributed by atoms with Gasteiger partial charge in [0.2, 0.25) is 5.92 Å². The first-order valence-electron chi connectivity index (χ1n) is 9.35. The second kappa shape index (κ2) is 6.99. The van der Waals surface area contributed by atoms with Crippen LogP contribution < -0.4 is 5.32 Å². The number of amides is 1. The molecule has 0 bridgehead atoms. The summed E-state index contributed by atoms with van der Waals surface area (Å²) in [4.78, 5) is 19.4. The number of alkyl halides is 2. The fraction of sp³-hybridized carbons (Fsp3) is 0.500. The maximum absolute atomic E-state index is 13.7. The van der Waals surface area contributed by atoms with E-state index in [2.05, 4.69) is 15.2 Å². The van der Waals surface area contributed by atoms with E-state index in [9.17, 15) is 13.6 Å². The lowest BCUT2D eigenvalue weighted by atomic mass is 9.77. The van der Waals surface area contributed by atoms with Crippen LogP contribution in [0, 0.1) is 0 Å². The summed E-state index contributed by atoms with van der Waals surface area (Å²) in [6.07, 6.45) is 3.28. The molecule has 1 aliphatic carbocycles. The zero-order valence-electron chi connectivity index (χ0n) is 15.0. The number of aromatic nitrogens is 1. The van der Waals surface area contributed by atoms with Gasteiger partial charge >= 0.3 is 0 Å². The van der Waals surface area contributed by atoms with Crippen LogP contribution in [0.15, 0.2) is 30.5 Å². The van der Waals surface area contributed by atoms with Crippen molar-refractivity contribution >= 4 is 28.4 Å². The number of nitrogens with one attached hydrogen (secondary N) is 1. The molecule has 0 radical (unpaired) electrons. The van der Waals surface area contributed by atoms with Gasteiger partial charge in [0.05, 0.1) is 16.1 Å². The van der Waals surface area contributed by atoms with E-state index in [1.807, 2.05) is 6.07 Å². The van der Waals surface area contributed by atoms with Gasteiger partial charge in [-0.25, -0.2) is 8.78 Å². The van der Waals surface area contributed by atoms with Gasteiger partial charge in [0, 0.05) is 36.5 Å². The molecule has 2 heterocycles. The molecule has 1 aromatic heterocycles. The van der Waals surface area contributed by atoms with Crippen LogP contribution >= 0.6 is 11.6 Å². The minimum absolute atomic E-state index is 0.127. The van der Waals surface area contributed by atoms with Crippen LogP contribution in [-0.4, -0.2) is 46.9 Å². The first-order valence-corrected chi connectivity index (χ1v) is 9.72. The minimum atomic E-state index is -2.59. The average Bonchev–Trinajstić information content (AvgIpc) is 2.60. The van der Waals surface area contributed by atoms with Crippen LogP contribution in [-0.2, 0) is 0 Å². The van der Waals surface area contributed by atoms with Crippen LogP contribution in [0.25, 0.3) is 10.9 Å². The zero-order chi connectivity index (χ0) is 19.1. The highest BCUT2D eigenvalue weighted by Crippen LogP contribution is 2.43. The van der Waals surface area contributed by atoms with Crippen LogP contribution in [0.2, 0.25) is 5.02 Å². The molecular weight excluding hydrogens is 372 g/mol. The summed E-state index contributed by atoms with van der Waals surface area (Å²) in [5.74, 6) is -2.88. The van der Waals surface area contributed by atoms with Crippen molar-refractivity contribution in [2.45, 2.75) is 43.6 Å². The molecule has 0 atom stereocenters. The van der Waals surface area contributed by atoms with Crippen molar-refractivity contribution in [3.63, 3.8) is 0 Å². The fourth-order valence-corrected chi connectivity index (χ4v) is 4.42. The molecule has 1 aliphatic heterocycles. The number of halogens is 3.